The number of hydrogen-bond acceptors (Lipinski definition) is 5. The van der Waals surface area contributed by atoms with E-state index in [0.29, 0.717) is 17.0 Å². The Morgan fingerprint density at radius 2 is 2.00 bits per heavy atom. The fourth-order valence-electron chi connectivity index (χ4n) is 4.18. The number of nitrogens with one attached hydrogen (secondary N) is 1. The summed E-state index contributed by atoms with van der Waals surface area (Å²) in [5.74, 6) is -0.0723. The highest BCUT2D eigenvalue weighted by molar-refractivity contribution is 6.09. The molecular formula is C25H27N3O4. The minimum absolute atomic E-state index is 0.0987. The normalized spacial score (nSPS) is 14.7. The van der Waals surface area contributed by atoms with E-state index in [4.69, 9.17) is 9.15 Å². The Morgan fingerprint density at radius 3 is 2.66 bits per heavy atom. The van der Waals surface area contributed by atoms with Gasteiger partial charge in [0.15, 0.2) is 5.76 Å². The van der Waals surface area contributed by atoms with Gasteiger partial charge in [-0.05, 0) is 55.7 Å². The standard InChI is InChI=1S/C25H27N3O4/c1-17-11-12-21(31-2)20(15-17)28(25(30)22-10-6-14-32-22)23(18-7-5-13-26-16-18)24(29)27-19-8-3-4-9-19/h5-7,10-16,19,23H,3-4,8-9H2,1-2H3,(H,27,29)/t23-/m0/s1. The second-order valence-corrected chi connectivity index (χ2v) is 8.01. The van der Waals surface area contributed by atoms with E-state index in [1.807, 2.05) is 19.1 Å². The summed E-state index contributed by atoms with van der Waals surface area (Å²) in [6.07, 6.45) is 8.74. The van der Waals surface area contributed by atoms with Crippen LogP contribution in [-0.2, 0) is 4.79 Å². The van der Waals surface area contributed by atoms with E-state index in [0.717, 1.165) is 31.2 Å². The van der Waals surface area contributed by atoms with E-state index < -0.39 is 11.9 Å². The second-order valence-electron chi connectivity index (χ2n) is 8.01. The van der Waals surface area contributed by atoms with Crippen molar-refractivity contribution in [3.63, 3.8) is 0 Å². The van der Waals surface area contributed by atoms with E-state index in [2.05, 4.69) is 10.3 Å². The van der Waals surface area contributed by atoms with E-state index >= 15 is 0 Å². The molecule has 0 spiro atoms. The van der Waals surface area contributed by atoms with Crippen LogP contribution in [0.4, 0.5) is 5.69 Å². The highest BCUT2D eigenvalue weighted by atomic mass is 16.5. The van der Waals surface area contributed by atoms with Gasteiger partial charge in [-0.15, -0.1) is 0 Å². The summed E-state index contributed by atoms with van der Waals surface area (Å²) in [5, 5.41) is 3.15. The van der Waals surface area contributed by atoms with Gasteiger partial charge in [-0.25, -0.2) is 0 Å². The third-order valence-corrected chi connectivity index (χ3v) is 5.75. The van der Waals surface area contributed by atoms with Gasteiger partial charge in [0.2, 0.25) is 5.91 Å². The molecule has 1 saturated carbocycles. The Labute approximate surface area is 187 Å². The highest BCUT2D eigenvalue weighted by Crippen LogP contribution is 2.37. The van der Waals surface area contributed by atoms with Crippen LogP contribution in [0.3, 0.4) is 0 Å². The average molecular weight is 434 g/mol. The highest BCUT2D eigenvalue weighted by Gasteiger charge is 2.37. The molecule has 2 aromatic heterocycles. The van der Waals surface area contributed by atoms with Gasteiger partial charge in [-0.3, -0.25) is 19.5 Å². The van der Waals surface area contributed by atoms with Crippen molar-refractivity contribution in [3.05, 3.63) is 78.0 Å². The molecule has 7 nitrogen and oxygen atoms in total. The quantitative estimate of drug-likeness (QED) is 0.596. The van der Waals surface area contributed by atoms with Gasteiger partial charge in [0, 0.05) is 24.0 Å². The van der Waals surface area contributed by atoms with E-state index in [-0.39, 0.29) is 17.7 Å². The number of carbonyl (C=O) groups is 2. The predicted molar refractivity (Wildman–Crippen MR) is 121 cm³/mol. The monoisotopic (exact) mass is 433 g/mol. The fourth-order valence-corrected chi connectivity index (χ4v) is 4.18. The number of carbonyl (C=O) groups excluding carboxylic acids is 2. The smallest absolute Gasteiger partial charge is 0.295 e. The number of ether oxygens (including phenoxy) is 1. The van der Waals surface area contributed by atoms with Crippen LogP contribution >= 0.6 is 0 Å². The lowest BCUT2D eigenvalue weighted by Crippen LogP contribution is -2.46. The number of nitrogens with zero attached hydrogens (tertiary/aromatic N) is 2. The summed E-state index contributed by atoms with van der Waals surface area (Å²) < 4.78 is 11.0. The Balaban J connectivity index is 1.85. The molecule has 0 bridgehead atoms. The van der Waals surface area contributed by atoms with Crippen LogP contribution in [0, 0.1) is 6.92 Å². The van der Waals surface area contributed by atoms with Gasteiger partial charge in [0.1, 0.15) is 11.8 Å². The zero-order valence-electron chi connectivity index (χ0n) is 18.3. The topological polar surface area (TPSA) is 84.7 Å². The molecule has 3 aromatic rings. The third-order valence-electron chi connectivity index (χ3n) is 5.75. The molecule has 0 radical (unpaired) electrons. The summed E-state index contributed by atoms with van der Waals surface area (Å²) in [4.78, 5) is 33.0. The largest absolute Gasteiger partial charge is 0.495 e. The number of benzene rings is 1. The summed E-state index contributed by atoms with van der Waals surface area (Å²) >= 11 is 0. The van der Waals surface area contributed by atoms with Crippen LogP contribution in [0.15, 0.2) is 65.5 Å². The molecule has 32 heavy (non-hydrogen) atoms. The van der Waals surface area contributed by atoms with Crippen molar-refractivity contribution >= 4 is 17.5 Å². The first-order valence-corrected chi connectivity index (χ1v) is 10.8. The van der Waals surface area contributed by atoms with Crippen molar-refractivity contribution in [1.29, 1.82) is 0 Å². The first-order chi connectivity index (χ1) is 15.6. The third kappa shape index (κ3) is 4.51. The van der Waals surface area contributed by atoms with Crippen molar-refractivity contribution in [2.45, 2.75) is 44.7 Å². The molecule has 2 heterocycles. The lowest BCUT2D eigenvalue weighted by atomic mass is 10.0. The molecule has 0 aliphatic heterocycles. The van der Waals surface area contributed by atoms with Crippen molar-refractivity contribution in [2.24, 2.45) is 0 Å². The first-order valence-electron chi connectivity index (χ1n) is 10.8. The first kappa shape index (κ1) is 21.6. The van der Waals surface area contributed by atoms with Crippen molar-refractivity contribution in [2.75, 3.05) is 12.0 Å². The molecule has 166 valence electrons. The molecule has 7 heteroatoms. The summed E-state index contributed by atoms with van der Waals surface area (Å²) in [7, 11) is 1.54. The number of hydrogen-bond donors (Lipinski definition) is 1. The zero-order valence-corrected chi connectivity index (χ0v) is 18.3. The van der Waals surface area contributed by atoms with Gasteiger partial charge in [0.25, 0.3) is 5.91 Å². The Kier molecular flexibility index (Phi) is 6.54. The molecule has 0 unspecified atom stereocenters. The number of aryl methyl sites for hydroxylation is 1. The number of pyridine rings is 1. The molecule has 1 fully saturated rings. The average Bonchev–Trinajstić information content (AvgIpc) is 3.52. The minimum Gasteiger partial charge on any atom is -0.495 e. The lowest BCUT2D eigenvalue weighted by Gasteiger charge is -2.32. The Hall–Kier alpha value is -3.61. The number of amides is 2. The number of furan rings is 1. The molecule has 0 saturated heterocycles. The maximum atomic E-state index is 13.7. The van der Waals surface area contributed by atoms with Crippen molar-refractivity contribution in [3.8, 4) is 5.75 Å². The molecule has 1 aliphatic rings. The van der Waals surface area contributed by atoms with Crippen LogP contribution in [0.1, 0.15) is 53.4 Å². The number of rotatable bonds is 7. The Morgan fingerprint density at radius 1 is 1.19 bits per heavy atom. The molecule has 1 aromatic carbocycles. The van der Waals surface area contributed by atoms with Gasteiger partial charge < -0.3 is 14.5 Å². The molecule has 1 atom stereocenters. The van der Waals surface area contributed by atoms with Gasteiger partial charge in [0.05, 0.1) is 19.1 Å². The lowest BCUT2D eigenvalue weighted by molar-refractivity contribution is -0.123. The molecule has 2 amide bonds. The number of anilines is 1. The second kappa shape index (κ2) is 9.68. The number of methoxy groups -OCH3 is 1. The predicted octanol–water partition coefficient (Wildman–Crippen LogP) is 4.44. The van der Waals surface area contributed by atoms with Gasteiger partial charge in [-0.2, -0.15) is 0 Å². The molecule has 1 aliphatic carbocycles. The molecule has 4 rings (SSSR count). The van der Waals surface area contributed by atoms with E-state index in [1.54, 1.807) is 49.8 Å². The van der Waals surface area contributed by atoms with Crippen LogP contribution in [0.25, 0.3) is 0 Å². The number of aromatic nitrogens is 1. The fraction of sp³-hybridized carbons (Fsp3) is 0.320. The SMILES string of the molecule is COc1ccc(C)cc1N(C(=O)c1ccco1)[C@H](C(=O)NC1CCCC1)c1cccnc1. The molecular weight excluding hydrogens is 406 g/mol. The van der Waals surface area contributed by atoms with Crippen LogP contribution in [0.5, 0.6) is 5.75 Å². The summed E-state index contributed by atoms with van der Waals surface area (Å²) in [5.41, 5.74) is 2.02. The van der Waals surface area contributed by atoms with Crippen molar-refractivity contribution in [1.82, 2.24) is 10.3 Å². The Bertz CT molecular complexity index is 1060. The summed E-state index contributed by atoms with van der Waals surface area (Å²) in [6.45, 7) is 1.93. The van der Waals surface area contributed by atoms with Gasteiger partial charge in [-0.1, -0.05) is 25.0 Å². The maximum absolute atomic E-state index is 13.7. The summed E-state index contributed by atoms with van der Waals surface area (Å²) in [6, 6.07) is 11.5. The molecule has 1 N–H and O–H groups in total. The van der Waals surface area contributed by atoms with E-state index in [9.17, 15) is 9.59 Å². The zero-order chi connectivity index (χ0) is 22.5. The van der Waals surface area contributed by atoms with E-state index in [1.165, 1.54) is 11.2 Å². The van der Waals surface area contributed by atoms with Gasteiger partial charge >= 0.3 is 0 Å². The van der Waals surface area contributed by atoms with Crippen LogP contribution in [-0.4, -0.2) is 29.9 Å². The van der Waals surface area contributed by atoms with Crippen molar-refractivity contribution < 1.29 is 18.7 Å². The van der Waals surface area contributed by atoms with Crippen LogP contribution < -0.4 is 15.0 Å². The minimum atomic E-state index is -0.947. The van der Waals surface area contributed by atoms with Crippen LogP contribution in [0.2, 0.25) is 0 Å². The maximum Gasteiger partial charge on any atom is 0.295 e.